The lowest BCUT2D eigenvalue weighted by Gasteiger charge is -2.12. The van der Waals surface area contributed by atoms with Crippen LogP contribution in [0.25, 0.3) is 17.4 Å². The molecule has 0 aliphatic carbocycles. The Morgan fingerprint density at radius 3 is 2.65 bits per heavy atom. The molecule has 0 spiro atoms. The second-order valence-corrected chi connectivity index (χ2v) is 5.48. The highest BCUT2D eigenvalue weighted by molar-refractivity contribution is 6.00. The van der Waals surface area contributed by atoms with Gasteiger partial charge in [0, 0.05) is 5.56 Å². The number of carbonyl (C=O) groups excluding carboxylic acids is 1. The van der Waals surface area contributed by atoms with Crippen molar-refractivity contribution in [3.63, 3.8) is 0 Å². The first kappa shape index (κ1) is 17.4. The van der Waals surface area contributed by atoms with Crippen LogP contribution in [0.4, 0.5) is 0 Å². The van der Waals surface area contributed by atoms with E-state index in [4.69, 9.17) is 13.6 Å². The predicted octanol–water partition coefficient (Wildman–Crippen LogP) is 4.84. The molecule has 0 atom stereocenters. The van der Waals surface area contributed by atoms with E-state index in [-0.39, 0.29) is 17.9 Å². The molecule has 0 radical (unpaired) electrons. The zero-order valence-electron chi connectivity index (χ0n) is 14.1. The Bertz CT molecular complexity index is 902. The van der Waals surface area contributed by atoms with E-state index in [2.05, 4.69) is 6.58 Å². The van der Waals surface area contributed by atoms with Crippen molar-refractivity contribution in [1.82, 2.24) is 0 Å². The summed E-state index contributed by atoms with van der Waals surface area (Å²) in [7, 11) is 0. The van der Waals surface area contributed by atoms with Gasteiger partial charge in [-0.3, -0.25) is 0 Å². The van der Waals surface area contributed by atoms with E-state index in [0.717, 1.165) is 0 Å². The Kier molecular flexibility index (Phi) is 5.39. The minimum absolute atomic E-state index is 0.0541. The van der Waals surface area contributed by atoms with Gasteiger partial charge in [-0.25, -0.2) is 4.79 Å². The summed E-state index contributed by atoms with van der Waals surface area (Å²) in [6.07, 6.45) is 8.63. The fraction of sp³-hybridized carbons (Fsp3) is 0.0952. The topological polar surface area (TPSA) is 72.8 Å². The maximum absolute atomic E-state index is 12.4. The van der Waals surface area contributed by atoms with E-state index in [9.17, 15) is 9.90 Å². The first-order chi connectivity index (χ1) is 12.7. The molecule has 0 bridgehead atoms. The van der Waals surface area contributed by atoms with Gasteiger partial charge in [0.2, 0.25) is 0 Å². The third-order valence-electron chi connectivity index (χ3n) is 3.75. The number of rotatable bonds is 7. The van der Waals surface area contributed by atoms with Gasteiger partial charge in [0.25, 0.3) is 0 Å². The van der Waals surface area contributed by atoms with E-state index in [1.165, 1.54) is 12.3 Å². The monoisotopic (exact) mass is 350 g/mol. The summed E-state index contributed by atoms with van der Waals surface area (Å²) in [4.78, 5) is 12.4. The molecule has 5 nitrogen and oxygen atoms in total. The molecular formula is C21H18O5. The van der Waals surface area contributed by atoms with Crippen LogP contribution >= 0.6 is 0 Å². The Morgan fingerprint density at radius 2 is 1.96 bits per heavy atom. The van der Waals surface area contributed by atoms with Crippen LogP contribution in [0, 0.1) is 0 Å². The van der Waals surface area contributed by atoms with Crippen LogP contribution < -0.4 is 0 Å². The maximum Gasteiger partial charge on any atom is 0.343 e. The smallest absolute Gasteiger partial charge is 0.343 e. The number of carbonyl (C=O) groups is 1. The first-order valence-corrected chi connectivity index (χ1v) is 8.07. The van der Waals surface area contributed by atoms with Crippen molar-refractivity contribution in [2.24, 2.45) is 0 Å². The highest BCUT2D eigenvalue weighted by Gasteiger charge is 2.22. The Morgan fingerprint density at radius 1 is 1.15 bits per heavy atom. The standard InChI is InChI=1S/C21H18O5/c1-2-12-26-21(23)19-17(18-9-5-14-25-18)11-10-15(20(19)22)6-3-7-16-8-4-13-24-16/h2-5,7-11,13-14,22H,1,6,12H2/b7-3+. The molecule has 0 aliphatic heterocycles. The minimum Gasteiger partial charge on any atom is -0.507 e. The van der Waals surface area contributed by atoms with Crippen LogP contribution in [-0.2, 0) is 11.2 Å². The average molecular weight is 350 g/mol. The lowest BCUT2D eigenvalue weighted by molar-refractivity contribution is 0.0547. The quantitative estimate of drug-likeness (QED) is 0.487. The number of hydrogen-bond donors (Lipinski definition) is 1. The second kappa shape index (κ2) is 8.07. The summed E-state index contributed by atoms with van der Waals surface area (Å²) in [6, 6.07) is 10.5. The highest BCUT2D eigenvalue weighted by Crippen LogP contribution is 2.34. The van der Waals surface area contributed by atoms with Crippen LogP contribution in [-0.4, -0.2) is 17.7 Å². The molecule has 1 N–H and O–H groups in total. The molecule has 0 saturated heterocycles. The lowest BCUT2D eigenvalue weighted by Crippen LogP contribution is -2.08. The Balaban J connectivity index is 1.94. The fourth-order valence-corrected chi connectivity index (χ4v) is 2.54. The van der Waals surface area contributed by atoms with Gasteiger partial charge in [0.15, 0.2) is 0 Å². The van der Waals surface area contributed by atoms with Crippen molar-refractivity contribution in [3.05, 3.63) is 84.5 Å². The fourth-order valence-electron chi connectivity index (χ4n) is 2.54. The lowest BCUT2D eigenvalue weighted by atomic mass is 9.98. The number of esters is 1. The SMILES string of the molecule is C=CCOC(=O)c1c(-c2ccco2)ccc(C/C=C/c2ccco2)c1O. The molecule has 1 aromatic carbocycles. The maximum atomic E-state index is 12.4. The van der Waals surface area contributed by atoms with Gasteiger partial charge in [-0.1, -0.05) is 24.8 Å². The van der Waals surface area contributed by atoms with Crippen molar-refractivity contribution in [2.45, 2.75) is 6.42 Å². The molecule has 2 heterocycles. The molecule has 0 aliphatic rings. The molecule has 0 fully saturated rings. The molecule has 26 heavy (non-hydrogen) atoms. The molecule has 132 valence electrons. The summed E-state index contributed by atoms with van der Waals surface area (Å²) in [5, 5.41) is 10.7. The van der Waals surface area contributed by atoms with E-state index >= 15 is 0 Å². The van der Waals surface area contributed by atoms with Crippen molar-refractivity contribution in [2.75, 3.05) is 6.61 Å². The van der Waals surface area contributed by atoms with Gasteiger partial charge in [-0.05, 0) is 48.4 Å². The molecule has 3 aromatic rings. The molecule has 0 saturated carbocycles. The summed E-state index contributed by atoms with van der Waals surface area (Å²) in [6.45, 7) is 3.58. The van der Waals surface area contributed by atoms with Gasteiger partial charge < -0.3 is 18.7 Å². The van der Waals surface area contributed by atoms with Crippen molar-refractivity contribution >= 4 is 12.0 Å². The molecular weight excluding hydrogens is 332 g/mol. The zero-order valence-corrected chi connectivity index (χ0v) is 14.1. The Labute approximate surface area is 150 Å². The van der Waals surface area contributed by atoms with Gasteiger partial charge in [0.05, 0.1) is 12.5 Å². The van der Waals surface area contributed by atoms with Gasteiger partial charge >= 0.3 is 5.97 Å². The van der Waals surface area contributed by atoms with Crippen LogP contribution in [0.3, 0.4) is 0 Å². The largest absolute Gasteiger partial charge is 0.507 e. The first-order valence-electron chi connectivity index (χ1n) is 8.07. The summed E-state index contributed by atoms with van der Waals surface area (Å²) in [5.74, 6) is 0.425. The van der Waals surface area contributed by atoms with E-state index in [1.807, 2.05) is 12.1 Å². The molecule has 5 heteroatoms. The molecule has 0 unspecified atom stereocenters. The zero-order chi connectivity index (χ0) is 18.4. The minimum atomic E-state index is -0.634. The third kappa shape index (κ3) is 3.78. The normalized spacial score (nSPS) is 10.9. The van der Waals surface area contributed by atoms with Gasteiger partial charge in [-0.15, -0.1) is 0 Å². The number of allylic oxidation sites excluding steroid dienone is 1. The molecule has 0 amide bonds. The number of phenols is 1. The summed E-state index contributed by atoms with van der Waals surface area (Å²) in [5.41, 5.74) is 1.14. The average Bonchev–Trinajstić information content (AvgIpc) is 3.34. The van der Waals surface area contributed by atoms with E-state index < -0.39 is 5.97 Å². The molecule has 3 rings (SSSR count). The summed E-state index contributed by atoms with van der Waals surface area (Å²) >= 11 is 0. The number of hydrogen-bond acceptors (Lipinski definition) is 5. The van der Waals surface area contributed by atoms with Crippen LogP contribution in [0.1, 0.15) is 21.7 Å². The third-order valence-corrected chi connectivity index (χ3v) is 3.75. The number of phenolic OH excluding ortho intramolecular Hbond substituents is 1. The molecule has 2 aromatic heterocycles. The van der Waals surface area contributed by atoms with Gasteiger partial charge in [0.1, 0.15) is 29.4 Å². The van der Waals surface area contributed by atoms with Crippen LogP contribution in [0.5, 0.6) is 5.75 Å². The van der Waals surface area contributed by atoms with Crippen LogP contribution in [0.15, 0.2) is 76.5 Å². The van der Waals surface area contributed by atoms with Crippen molar-refractivity contribution < 1.29 is 23.5 Å². The second-order valence-electron chi connectivity index (χ2n) is 5.48. The van der Waals surface area contributed by atoms with Crippen molar-refractivity contribution in [3.8, 4) is 17.1 Å². The number of aromatic hydroxyl groups is 1. The van der Waals surface area contributed by atoms with E-state index in [1.54, 1.807) is 42.7 Å². The number of furan rings is 2. The van der Waals surface area contributed by atoms with Gasteiger partial charge in [-0.2, -0.15) is 0 Å². The summed E-state index contributed by atoms with van der Waals surface area (Å²) < 4.78 is 15.7. The highest BCUT2D eigenvalue weighted by atomic mass is 16.5. The Hall–Kier alpha value is -3.47. The van der Waals surface area contributed by atoms with Crippen LogP contribution in [0.2, 0.25) is 0 Å². The number of benzene rings is 1. The van der Waals surface area contributed by atoms with Crippen molar-refractivity contribution in [1.29, 1.82) is 0 Å². The number of ether oxygens (including phenoxy) is 1. The van der Waals surface area contributed by atoms with E-state index in [0.29, 0.717) is 29.1 Å². The predicted molar refractivity (Wildman–Crippen MR) is 97.7 cm³/mol.